The Morgan fingerprint density at radius 3 is 2.93 bits per heavy atom. The Kier molecular flexibility index (Phi) is 3.36. The molecule has 1 heterocycles. The molecule has 1 saturated carbocycles. The molecule has 0 spiro atoms. The van der Waals surface area contributed by atoms with Crippen LogP contribution in [0.2, 0.25) is 0 Å². The van der Waals surface area contributed by atoms with E-state index in [4.69, 9.17) is 0 Å². The van der Waals surface area contributed by atoms with Crippen molar-refractivity contribution in [2.75, 3.05) is 7.05 Å². The molecule has 1 N–H and O–H groups in total. The van der Waals surface area contributed by atoms with Gasteiger partial charge < -0.3 is 5.32 Å². The van der Waals surface area contributed by atoms with Crippen LogP contribution in [0.5, 0.6) is 0 Å². The molecule has 1 aliphatic rings. The number of hydrogen-bond donors (Lipinski definition) is 1. The second-order valence-electron chi connectivity index (χ2n) is 4.51. The summed E-state index contributed by atoms with van der Waals surface area (Å²) in [6.07, 6.45) is 8.36. The average molecular weight is 208 g/mol. The normalized spacial score (nSPS) is 18.0. The number of nitrogens with zero attached hydrogens (tertiary/aromatic N) is 3. The van der Waals surface area contributed by atoms with E-state index in [-0.39, 0.29) is 0 Å². The van der Waals surface area contributed by atoms with E-state index in [2.05, 4.69) is 22.7 Å². The van der Waals surface area contributed by atoms with Gasteiger partial charge in [-0.2, -0.15) is 0 Å². The lowest BCUT2D eigenvalue weighted by Gasteiger charge is -2.14. The fourth-order valence-electron chi connectivity index (χ4n) is 2.13. The summed E-state index contributed by atoms with van der Waals surface area (Å²) >= 11 is 0. The van der Waals surface area contributed by atoms with E-state index in [1.54, 1.807) is 4.68 Å². The first-order valence-electron chi connectivity index (χ1n) is 5.82. The zero-order chi connectivity index (χ0) is 10.7. The fourth-order valence-corrected chi connectivity index (χ4v) is 2.13. The van der Waals surface area contributed by atoms with Gasteiger partial charge in [0, 0.05) is 19.3 Å². The summed E-state index contributed by atoms with van der Waals surface area (Å²) in [6, 6.07) is 0.724. The van der Waals surface area contributed by atoms with Crippen LogP contribution in [0.25, 0.3) is 0 Å². The Morgan fingerprint density at radius 1 is 1.60 bits per heavy atom. The molecular formula is C11H20N4. The summed E-state index contributed by atoms with van der Waals surface area (Å²) in [6.45, 7) is 0. The van der Waals surface area contributed by atoms with Crippen molar-refractivity contribution in [2.45, 2.75) is 38.1 Å². The highest BCUT2D eigenvalue weighted by atomic mass is 15.4. The van der Waals surface area contributed by atoms with Crippen LogP contribution in [0.15, 0.2) is 6.20 Å². The maximum Gasteiger partial charge on any atom is 0.0827 e. The van der Waals surface area contributed by atoms with Crippen molar-refractivity contribution in [1.82, 2.24) is 20.3 Å². The molecule has 0 amide bonds. The first-order chi connectivity index (χ1) is 7.29. The summed E-state index contributed by atoms with van der Waals surface area (Å²) in [5, 5.41) is 11.4. The van der Waals surface area contributed by atoms with Gasteiger partial charge in [0.15, 0.2) is 0 Å². The molecule has 0 bridgehead atoms. The SMILES string of the molecule is CNC(CCCc1cn(C)nn1)C1CC1. The van der Waals surface area contributed by atoms with Crippen molar-refractivity contribution in [3.63, 3.8) is 0 Å². The van der Waals surface area contributed by atoms with Gasteiger partial charge in [0.2, 0.25) is 0 Å². The van der Waals surface area contributed by atoms with Crippen LogP contribution in [0.4, 0.5) is 0 Å². The third-order valence-corrected chi connectivity index (χ3v) is 3.16. The van der Waals surface area contributed by atoms with Crippen LogP contribution < -0.4 is 5.32 Å². The molecule has 0 saturated heterocycles. The maximum absolute atomic E-state index is 4.09. The molecule has 0 aliphatic heterocycles. The predicted molar refractivity (Wildman–Crippen MR) is 59.5 cm³/mol. The van der Waals surface area contributed by atoms with Gasteiger partial charge in [-0.15, -0.1) is 5.10 Å². The number of aryl methyl sites for hydroxylation is 2. The highest BCUT2D eigenvalue weighted by molar-refractivity contribution is 4.93. The molecule has 1 aromatic heterocycles. The number of rotatable bonds is 6. The van der Waals surface area contributed by atoms with Crippen molar-refractivity contribution >= 4 is 0 Å². The lowest BCUT2D eigenvalue weighted by Crippen LogP contribution is -2.27. The first kappa shape index (κ1) is 10.6. The lowest BCUT2D eigenvalue weighted by molar-refractivity contribution is 0.455. The van der Waals surface area contributed by atoms with E-state index in [0.717, 1.165) is 24.1 Å². The Bertz CT molecular complexity index is 303. The third kappa shape index (κ3) is 3.02. The standard InChI is InChI=1S/C11H20N4/c1-12-11(9-6-7-9)5-3-4-10-8-15(2)14-13-10/h8-9,11-12H,3-7H2,1-2H3. The van der Waals surface area contributed by atoms with Gasteiger partial charge in [-0.1, -0.05) is 5.21 Å². The van der Waals surface area contributed by atoms with Gasteiger partial charge in [0.05, 0.1) is 5.69 Å². The third-order valence-electron chi connectivity index (χ3n) is 3.16. The minimum atomic E-state index is 0.724. The molecule has 1 fully saturated rings. The van der Waals surface area contributed by atoms with Crippen LogP contribution in [-0.2, 0) is 13.5 Å². The largest absolute Gasteiger partial charge is 0.317 e. The van der Waals surface area contributed by atoms with Crippen molar-refractivity contribution in [1.29, 1.82) is 0 Å². The zero-order valence-corrected chi connectivity index (χ0v) is 9.61. The summed E-state index contributed by atoms with van der Waals surface area (Å²) in [7, 11) is 3.99. The highest BCUT2D eigenvalue weighted by Gasteiger charge is 2.29. The van der Waals surface area contributed by atoms with Gasteiger partial charge in [-0.25, -0.2) is 0 Å². The zero-order valence-electron chi connectivity index (χ0n) is 9.61. The number of hydrogen-bond acceptors (Lipinski definition) is 3. The van der Waals surface area contributed by atoms with Crippen molar-refractivity contribution in [3.05, 3.63) is 11.9 Å². The second kappa shape index (κ2) is 4.75. The predicted octanol–water partition coefficient (Wildman–Crippen LogP) is 1.14. The fraction of sp³-hybridized carbons (Fsp3) is 0.818. The van der Waals surface area contributed by atoms with Crippen LogP contribution in [0, 0.1) is 5.92 Å². The molecule has 84 valence electrons. The van der Waals surface area contributed by atoms with E-state index in [1.165, 1.54) is 25.7 Å². The van der Waals surface area contributed by atoms with Gasteiger partial charge in [0.1, 0.15) is 0 Å². The van der Waals surface area contributed by atoms with Gasteiger partial charge in [-0.05, 0) is 45.1 Å². The van der Waals surface area contributed by atoms with Crippen LogP contribution in [-0.4, -0.2) is 28.1 Å². The average Bonchev–Trinajstić information content (AvgIpc) is 2.98. The van der Waals surface area contributed by atoms with Crippen LogP contribution in [0.3, 0.4) is 0 Å². The Hall–Kier alpha value is -0.900. The quantitative estimate of drug-likeness (QED) is 0.762. The topological polar surface area (TPSA) is 42.7 Å². The second-order valence-corrected chi connectivity index (χ2v) is 4.51. The highest BCUT2D eigenvalue weighted by Crippen LogP contribution is 2.34. The van der Waals surface area contributed by atoms with E-state index in [1.807, 2.05) is 13.2 Å². The summed E-state index contributed by atoms with van der Waals surface area (Å²) in [5.41, 5.74) is 1.11. The Morgan fingerprint density at radius 2 is 2.40 bits per heavy atom. The molecule has 4 heteroatoms. The molecule has 1 aliphatic carbocycles. The van der Waals surface area contributed by atoms with Gasteiger partial charge >= 0.3 is 0 Å². The smallest absolute Gasteiger partial charge is 0.0827 e. The summed E-state index contributed by atoms with van der Waals surface area (Å²) in [5.74, 6) is 0.942. The summed E-state index contributed by atoms with van der Waals surface area (Å²) in [4.78, 5) is 0. The first-order valence-corrected chi connectivity index (χ1v) is 5.82. The Balaban J connectivity index is 1.69. The minimum Gasteiger partial charge on any atom is -0.317 e. The van der Waals surface area contributed by atoms with Gasteiger partial charge in [0.25, 0.3) is 0 Å². The molecule has 0 aromatic carbocycles. The van der Waals surface area contributed by atoms with E-state index in [9.17, 15) is 0 Å². The summed E-state index contributed by atoms with van der Waals surface area (Å²) < 4.78 is 1.77. The Labute approximate surface area is 91.1 Å². The molecule has 1 atom stereocenters. The molecule has 1 aromatic rings. The molecule has 1 unspecified atom stereocenters. The molecule has 15 heavy (non-hydrogen) atoms. The van der Waals surface area contributed by atoms with Crippen molar-refractivity contribution < 1.29 is 0 Å². The van der Waals surface area contributed by atoms with Gasteiger partial charge in [-0.3, -0.25) is 4.68 Å². The number of aromatic nitrogens is 3. The van der Waals surface area contributed by atoms with Crippen LogP contribution in [0.1, 0.15) is 31.4 Å². The monoisotopic (exact) mass is 208 g/mol. The lowest BCUT2D eigenvalue weighted by atomic mass is 10.0. The van der Waals surface area contributed by atoms with Crippen molar-refractivity contribution in [3.8, 4) is 0 Å². The van der Waals surface area contributed by atoms with Crippen LogP contribution >= 0.6 is 0 Å². The van der Waals surface area contributed by atoms with E-state index >= 15 is 0 Å². The molecule has 2 rings (SSSR count). The maximum atomic E-state index is 4.09. The molecule has 4 nitrogen and oxygen atoms in total. The van der Waals surface area contributed by atoms with E-state index in [0.29, 0.717) is 0 Å². The van der Waals surface area contributed by atoms with Crippen molar-refractivity contribution in [2.24, 2.45) is 13.0 Å². The molecular weight excluding hydrogens is 188 g/mol. The minimum absolute atomic E-state index is 0.724. The van der Waals surface area contributed by atoms with E-state index < -0.39 is 0 Å². The number of nitrogens with one attached hydrogen (secondary N) is 1. The molecule has 0 radical (unpaired) electrons.